The van der Waals surface area contributed by atoms with E-state index in [4.69, 9.17) is 14.7 Å². The smallest absolute Gasteiger partial charge is 0.410 e. The Morgan fingerprint density at radius 1 is 1.29 bits per heavy atom. The van der Waals surface area contributed by atoms with Crippen LogP contribution >= 0.6 is 0 Å². The molecule has 2 aromatic carbocycles. The van der Waals surface area contributed by atoms with E-state index in [2.05, 4.69) is 15.4 Å². The first kappa shape index (κ1) is 22.3. The summed E-state index contributed by atoms with van der Waals surface area (Å²) in [6.45, 7) is 3.12. The van der Waals surface area contributed by atoms with Crippen LogP contribution in [0.3, 0.4) is 0 Å². The summed E-state index contributed by atoms with van der Waals surface area (Å²) in [5, 5.41) is 19.5. The number of likely N-dealkylation sites (tertiary alicyclic amines) is 1. The molecular weight excluding hydrogens is 455 g/mol. The van der Waals surface area contributed by atoms with Crippen molar-refractivity contribution in [3.8, 4) is 11.8 Å². The predicted molar refractivity (Wildman–Crippen MR) is 121 cm³/mol. The minimum Gasteiger partial charge on any atom is -0.493 e. The number of hydrogen-bond donors (Lipinski definition) is 1. The van der Waals surface area contributed by atoms with Crippen LogP contribution in [0, 0.1) is 23.1 Å². The van der Waals surface area contributed by atoms with Crippen LogP contribution < -0.4 is 4.74 Å². The van der Waals surface area contributed by atoms with Gasteiger partial charge >= 0.3 is 6.09 Å². The number of ether oxygens (including phenoxy) is 2. The Bertz CT molecular complexity index is 1390. The van der Waals surface area contributed by atoms with Crippen LogP contribution in [-0.4, -0.2) is 63.5 Å². The van der Waals surface area contributed by atoms with Crippen LogP contribution in [0.15, 0.2) is 42.1 Å². The summed E-state index contributed by atoms with van der Waals surface area (Å²) in [6.07, 6.45) is 1.25. The second kappa shape index (κ2) is 9.06. The zero-order valence-corrected chi connectivity index (χ0v) is 18.8. The van der Waals surface area contributed by atoms with Crippen molar-refractivity contribution in [2.45, 2.75) is 13.5 Å². The van der Waals surface area contributed by atoms with Gasteiger partial charge in [0.1, 0.15) is 29.8 Å². The molecule has 1 saturated heterocycles. The summed E-state index contributed by atoms with van der Waals surface area (Å²) < 4.78 is 24.9. The van der Waals surface area contributed by atoms with Crippen molar-refractivity contribution in [2.75, 3.05) is 26.2 Å². The van der Waals surface area contributed by atoms with E-state index in [0.717, 1.165) is 17.2 Å². The van der Waals surface area contributed by atoms with E-state index >= 15 is 0 Å². The number of amides is 2. The number of rotatable bonds is 5. The van der Waals surface area contributed by atoms with Gasteiger partial charge in [0.2, 0.25) is 0 Å². The average Bonchev–Trinajstić information content (AvgIpc) is 3.57. The summed E-state index contributed by atoms with van der Waals surface area (Å²) in [6, 6.07) is 9.41. The second-order valence-corrected chi connectivity index (χ2v) is 8.32. The maximum Gasteiger partial charge on any atom is 0.410 e. The first-order valence-corrected chi connectivity index (χ1v) is 11.1. The number of aromatic nitrogens is 3. The zero-order chi connectivity index (χ0) is 24.5. The lowest BCUT2D eigenvalue weighted by atomic mass is 10.1. The van der Waals surface area contributed by atoms with E-state index in [-0.39, 0.29) is 24.0 Å². The third-order valence-electron chi connectivity index (χ3n) is 6.09. The number of nitrogens with one attached hydrogen (secondary N) is 1. The van der Waals surface area contributed by atoms with E-state index in [1.807, 2.05) is 0 Å². The summed E-state index contributed by atoms with van der Waals surface area (Å²) in [5.41, 5.74) is 3.06. The van der Waals surface area contributed by atoms with Crippen LogP contribution in [0.25, 0.3) is 11.0 Å². The zero-order valence-electron chi connectivity index (χ0n) is 18.8. The first-order valence-electron chi connectivity index (χ1n) is 11.1. The van der Waals surface area contributed by atoms with Crippen molar-refractivity contribution < 1.29 is 23.5 Å². The van der Waals surface area contributed by atoms with Crippen LogP contribution in [-0.2, 0) is 11.3 Å². The fourth-order valence-corrected chi connectivity index (χ4v) is 4.34. The Morgan fingerprint density at radius 3 is 2.91 bits per heavy atom. The van der Waals surface area contributed by atoms with Gasteiger partial charge in [-0.3, -0.25) is 9.89 Å². The topological polar surface area (TPSA) is 124 Å². The molecule has 0 saturated carbocycles. The van der Waals surface area contributed by atoms with Gasteiger partial charge in [0.15, 0.2) is 0 Å². The SMILES string of the molecule is CCOc1cc(C#N)c(F)cc1COC(=O)N1CC2=CN(C(=O)c3ccc4[nH]nnc4c3)C[C@H]2C1. The van der Waals surface area contributed by atoms with E-state index in [1.165, 1.54) is 6.07 Å². The molecule has 5 rings (SSSR count). The number of halogens is 1. The average molecular weight is 476 g/mol. The van der Waals surface area contributed by atoms with Gasteiger partial charge in [0, 0.05) is 48.9 Å². The number of nitrogens with zero attached hydrogens (tertiary/aromatic N) is 5. The molecule has 0 unspecified atom stereocenters. The van der Waals surface area contributed by atoms with Crippen molar-refractivity contribution in [3.63, 3.8) is 0 Å². The third-order valence-corrected chi connectivity index (χ3v) is 6.09. The molecule has 0 spiro atoms. The molecule has 3 aromatic rings. The van der Waals surface area contributed by atoms with Crippen molar-refractivity contribution in [1.82, 2.24) is 25.2 Å². The van der Waals surface area contributed by atoms with Gasteiger partial charge in [0.25, 0.3) is 5.91 Å². The lowest BCUT2D eigenvalue weighted by molar-refractivity contribution is 0.0815. The van der Waals surface area contributed by atoms with Gasteiger partial charge in [-0.05, 0) is 36.8 Å². The summed E-state index contributed by atoms with van der Waals surface area (Å²) in [4.78, 5) is 28.8. The van der Waals surface area contributed by atoms with Gasteiger partial charge in [-0.1, -0.05) is 5.21 Å². The lowest BCUT2D eigenvalue weighted by Gasteiger charge is -2.20. The molecule has 0 radical (unpaired) electrons. The highest BCUT2D eigenvalue weighted by atomic mass is 19.1. The number of aromatic amines is 1. The Kier molecular flexibility index (Phi) is 5.78. The Labute approximate surface area is 199 Å². The summed E-state index contributed by atoms with van der Waals surface area (Å²) in [7, 11) is 0. The number of H-pyrrole nitrogens is 1. The predicted octanol–water partition coefficient (Wildman–Crippen LogP) is 2.98. The molecule has 1 fully saturated rings. The quantitative estimate of drug-likeness (QED) is 0.600. The van der Waals surface area contributed by atoms with Crippen molar-refractivity contribution in [2.24, 2.45) is 5.92 Å². The Morgan fingerprint density at radius 2 is 2.14 bits per heavy atom. The van der Waals surface area contributed by atoms with Crippen molar-refractivity contribution >= 4 is 23.0 Å². The van der Waals surface area contributed by atoms with Crippen LogP contribution in [0.4, 0.5) is 9.18 Å². The number of carbonyl (C=O) groups excluding carboxylic acids is 2. The maximum absolute atomic E-state index is 14.1. The molecule has 2 aliphatic rings. The number of benzene rings is 2. The standard InChI is InChI=1S/C24H21FN6O4/c1-2-34-22-7-15(8-26)19(25)5-16(22)13-35-24(33)31-11-17-9-30(10-18(17)12-31)23(32)14-3-4-20-21(6-14)28-29-27-20/h3-7,9,18H,2,10-13H2,1H3,(H,27,28,29)/t18-/m0/s1. The van der Waals surface area contributed by atoms with Crippen molar-refractivity contribution in [1.29, 1.82) is 5.26 Å². The highest BCUT2D eigenvalue weighted by Gasteiger charge is 2.38. The van der Waals surface area contributed by atoms with E-state index in [0.29, 0.717) is 48.6 Å². The highest BCUT2D eigenvalue weighted by molar-refractivity contribution is 5.98. The molecular formula is C24H21FN6O4. The van der Waals surface area contributed by atoms with Crippen molar-refractivity contribution in [3.05, 3.63) is 64.6 Å². The number of carbonyl (C=O) groups is 2. The summed E-state index contributed by atoms with van der Waals surface area (Å²) in [5.74, 6) is -0.515. The molecule has 1 atom stereocenters. The molecule has 35 heavy (non-hydrogen) atoms. The molecule has 11 heteroatoms. The van der Waals surface area contributed by atoms with Gasteiger partial charge < -0.3 is 19.3 Å². The summed E-state index contributed by atoms with van der Waals surface area (Å²) >= 11 is 0. The Hall–Kier alpha value is -4.46. The molecule has 3 heterocycles. The van der Waals surface area contributed by atoms with Gasteiger partial charge in [-0.25, -0.2) is 9.18 Å². The molecule has 0 aliphatic carbocycles. The first-order chi connectivity index (χ1) is 17.0. The molecule has 0 bridgehead atoms. The molecule has 1 aromatic heterocycles. The third kappa shape index (κ3) is 4.26. The van der Waals surface area contributed by atoms with Gasteiger partial charge in [0.05, 0.1) is 17.7 Å². The van der Waals surface area contributed by atoms with E-state index in [9.17, 15) is 14.0 Å². The number of hydrogen-bond acceptors (Lipinski definition) is 7. The minimum atomic E-state index is -0.699. The van der Waals surface area contributed by atoms with Crippen LogP contribution in [0.1, 0.15) is 28.4 Å². The number of fused-ring (bicyclic) bond motifs is 2. The largest absolute Gasteiger partial charge is 0.493 e. The molecule has 10 nitrogen and oxygen atoms in total. The molecule has 178 valence electrons. The fraction of sp³-hybridized carbons (Fsp3) is 0.292. The van der Waals surface area contributed by atoms with Gasteiger partial charge in [-0.2, -0.15) is 5.26 Å². The molecule has 2 amide bonds. The highest BCUT2D eigenvalue weighted by Crippen LogP contribution is 2.31. The maximum atomic E-state index is 14.1. The second-order valence-electron chi connectivity index (χ2n) is 8.32. The Balaban J connectivity index is 1.21. The molecule has 1 N–H and O–H groups in total. The van der Waals surface area contributed by atoms with Gasteiger partial charge in [-0.15, -0.1) is 5.10 Å². The fourth-order valence-electron chi connectivity index (χ4n) is 4.34. The molecule has 2 aliphatic heterocycles. The monoisotopic (exact) mass is 476 g/mol. The van der Waals surface area contributed by atoms with Crippen LogP contribution in [0.5, 0.6) is 5.75 Å². The normalized spacial score (nSPS) is 16.7. The number of nitriles is 1. The minimum absolute atomic E-state index is 0.0219. The van der Waals surface area contributed by atoms with E-state index < -0.39 is 11.9 Å². The van der Waals surface area contributed by atoms with Crippen LogP contribution in [0.2, 0.25) is 0 Å². The lowest BCUT2D eigenvalue weighted by Crippen LogP contribution is -2.33. The van der Waals surface area contributed by atoms with E-state index in [1.54, 1.807) is 47.2 Å².